The molecule has 24 heavy (non-hydrogen) atoms. The minimum absolute atomic E-state index is 0.0772. The largest absolute Gasteiger partial charge is 0.341 e. The first kappa shape index (κ1) is 18.3. The Kier molecular flexibility index (Phi) is 7.08. The van der Waals surface area contributed by atoms with Crippen LogP contribution in [0.5, 0.6) is 0 Å². The summed E-state index contributed by atoms with van der Waals surface area (Å²) in [5.74, 6) is 0.0772. The van der Waals surface area contributed by atoms with E-state index in [1.165, 1.54) is 19.3 Å². The fourth-order valence-electron chi connectivity index (χ4n) is 3.03. The van der Waals surface area contributed by atoms with Crippen LogP contribution in [0.3, 0.4) is 0 Å². The number of rotatable bonds is 7. The number of aryl methyl sites for hydroxylation is 1. The summed E-state index contributed by atoms with van der Waals surface area (Å²) in [5.41, 5.74) is 1.01. The van der Waals surface area contributed by atoms with E-state index in [2.05, 4.69) is 15.7 Å². The number of hydrogen-bond donors (Lipinski definition) is 2. The van der Waals surface area contributed by atoms with Gasteiger partial charge < -0.3 is 15.5 Å². The predicted molar refractivity (Wildman–Crippen MR) is 92.3 cm³/mol. The van der Waals surface area contributed by atoms with Crippen molar-refractivity contribution in [2.75, 3.05) is 13.6 Å². The van der Waals surface area contributed by atoms with Crippen LogP contribution in [0.4, 0.5) is 4.79 Å². The fraction of sp³-hybridized carbons (Fsp3) is 0.706. The number of urea groups is 1. The standard InChI is InChI=1S/C17H29N5O2/c1-21(12-14-11-19-22(2)13-14)16(23)9-6-10-18-17(24)20-15-7-4-3-5-8-15/h11,13,15H,3-10,12H2,1-2H3,(H2,18,20,24). The predicted octanol–water partition coefficient (Wildman–Crippen LogP) is 1.79. The summed E-state index contributed by atoms with van der Waals surface area (Å²) in [7, 11) is 3.65. The lowest BCUT2D eigenvalue weighted by molar-refractivity contribution is -0.130. The Balaban J connectivity index is 1.57. The van der Waals surface area contributed by atoms with Crippen molar-refractivity contribution < 1.29 is 9.59 Å². The van der Waals surface area contributed by atoms with Gasteiger partial charge >= 0.3 is 6.03 Å². The molecule has 2 N–H and O–H groups in total. The third-order valence-electron chi connectivity index (χ3n) is 4.40. The lowest BCUT2D eigenvalue weighted by Crippen LogP contribution is -2.43. The maximum Gasteiger partial charge on any atom is 0.315 e. The zero-order valence-electron chi connectivity index (χ0n) is 14.8. The van der Waals surface area contributed by atoms with Crippen molar-refractivity contribution in [1.82, 2.24) is 25.3 Å². The van der Waals surface area contributed by atoms with Crippen molar-refractivity contribution in [3.05, 3.63) is 18.0 Å². The van der Waals surface area contributed by atoms with Gasteiger partial charge in [0, 0.05) is 51.4 Å². The molecule has 1 heterocycles. The van der Waals surface area contributed by atoms with Crippen molar-refractivity contribution in [2.24, 2.45) is 7.05 Å². The van der Waals surface area contributed by atoms with Gasteiger partial charge in [0.15, 0.2) is 0 Å². The van der Waals surface area contributed by atoms with Crippen molar-refractivity contribution in [3.8, 4) is 0 Å². The molecule has 0 aliphatic heterocycles. The number of nitrogens with zero attached hydrogens (tertiary/aromatic N) is 3. The fourth-order valence-corrected chi connectivity index (χ4v) is 3.03. The molecule has 0 radical (unpaired) electrons. The molecule has 2 rings (SSSR count). The zero-order valence-corrected chi connectivity index (χ0v) is 14.8. The number of hydrogen-bond acceptors (Lipinski definition) is 3. The Morgan fingerprint density at radius 2 is 2.08 bits per heavy atom. The van der Waals surface area contributed by atoms with Gasteiger partial charge in [-0.25, -0.2) is 4.79 Å². The van der Waals surface area contributed by atoms with Gasteiger partial charge in [-0.3, -0.25) is 9.48 Å². The molecule has 0 aromatic carbocycles. The van der Waals surface area contributed by atoms with Gasteiger partial charge in [-0.05, 0) is 19.3 Å². The summed E-state index contributed by atoms with van der Waals surface area (Å²) in [6, 6.07) is 0.198. The smallest absolute Gasteiger partial charge is 0.315 e. The lowest BCUT2D eigenvalue weighted by Gasteiger charge is -2.22. The van der Waals surface area contributed by atoms with E-state index in [-0.39, 0.29) is 11.9 Å². The van der Waals surface area contributed by atoms with E-state index in [1.807, 2.05) is 13.2 Å². The molecule has 134 valence electrons. The molecule has 1 aliphatic carbocycles. The number of nitrogens with one attached hydrogen (secondary N) is 2. The Labute approximate surface area is 143 Å². The Bertz CT molecular complexity index is 537. The quantitative estimate of drug-likeness (QED) is 0.746. The molecular weight excluding hydrogens is 306 g/mol. The van der Waals surface area contributed by atoms with Gasteiger partial charge in [0.1, 0.15) is 0 Å². The number of carbonyl (C=O) groups excluding carboxylic acids is 2. The van der Waals surface area contributed by atoms with Gasteiger partial charge in [-0.1, -0.05) is 19.3 Å². The highest BCUT2D eigenvalue weighted by Crippen LogP contribution is 2.17. The van der Waals surface area contributed by atoms with Crippen LogP contribution in [-0.2, 0) is 18.4 Å². The molecule has 0 spiro atoms. The van der Waals surface area contributed by atoms with Crippen LogP contribution in [0.25, 0.3) is 0 Å². The average molecular weight is 335 g/mol. The SMILES string of the molecule is CN(Cc1cnn(C)c1)C(=O)CCCNC(=O)NC1CCCCC1. The first-order valence-corrected chi connectivity index (χ1v) is 8.80. The number of aromatic nitrogens is 2. The van der Waals surface area contributed by atoms with Gasteiger partial charge in [-0.2, -0.15) is 5.10 Å². The highest BCUT2D eigenvalue weighted by atomic mass is 16.2. The molecule has 1 fully saturated rings. The first-order chi connectivity index (χ1) is 11.5. The van der Waals surface area contributed by atoms with Gasteiger partial charge in [-0.15, -0.1) is 0 Å². The molecule has 0 unspecified atom stereocenters. The highest BCUT2D eigenvalue weighted by molar-refractivity contribution is 5.76. The van der Waals surface area contributed by atoms with Gasteiger partial charge in [0.05, 0.1) is 6.20 Å². The van der Waals surface area contributed by atoms with Crippen LogP contribution in [0.15, 0.2) is 12.4 Å². The normalized spacial score (nSPS) is 15.1. The average Bonchev–Trinajstić information content (AvgIpc) is 2.97. The van der Waals surface area contributed by atoms with E-state index in [4.69, 9.17) is 0 Å². The lowest BCUT2D eigenvalue weighted by atomic mass is 9.96. The summed E-state index contributed by atoms with van der Waals surface area (Å²) in [4.78, 5) is 25.6. The van der Waals surface area contributed by atoms with E-state index < -0.39 is 0 Å². The number of amides is 3. The van der Waals surface area contributed by atoms with Crippen molar-refractivity contribution in [3.63, 3.8) is 0 Å². The second-order valence-corrected chi connectivity index (χ2v) is 6.61. The molecule has 3 amide bonds. The molecule has 0 saturated heterocycles. The third-order valence-corrected chi connectivity index (χ3v) is 4.40. The van der Waals surface area contributed by atoms with E-state index in [0.717, 1.165) is 18.4 Å². The molecule has 1 saturated carbocycles. The van der Waals surface area contributed by atoms with E-state index in [0.29, 0.717) is 32.0 Å². The summed E-state index contributed by atoms with van der Waals surface area (Å²) < 4.78 is 1.72. The van der Waals surface area contributed by atoms with Crippen LogP contribution in [0.1, 0.15) is 50.5 Å². The molecule has 1 aromatic rings. The molecule has 1 aliphatic rings. The van der Waals surface area contributed by atoms with Crippen LogP contribution >= 0.6 is 0 Å². The summed E-state index contributed by atoms with van der Waals surface area (Å²) in [5, 5.41) is 9.95. The third kappa shape index (κ3) is 6.22. The second kappa shape index (κ2) is 9.30. The van der Waals surface area contributed by atoms with Crippen molar-refractivity contribution >= 4 is 11.9 Å². The molecule has 7 nitrogen and oxygen atoms in total. The van der Waals surface area contributed by atoms with Crippen LogP contribution in [-0.4, -0.2) is 46.3 Å². The molecule has 0 bridgehead atoms. The summed E-state index contributed by atoms with van der Waals surface area (Å²) in [6.07, 6.45) is 10.6. The van der Waals surface area contributed by atoms with Gasteiger partial charge in [0.2, 0.25) is 5.91 Å². The maximum absolute atomic E-state index is 12.1. The van der Waals surface area contributed by atoms with Crippen LogP contribution in [0, 0.1) is 0 Å². The zero-order chi connectivity index (χ0) is 17.4. The molecule has 1 aromatic heterocycles. The van der Waals surface area contributed by atoms with Crippen molar-refractivity contribution in [1.29, 1.82) is 0 Å². The molecule has 7 heteroatoms. The summed E-state index contributed by atoms with van der Waals surface area (Å²) in [6.45, 7) is 1.08. The van der Waals surface area contributed by atoms with Crippen LogP contribution in [0.2, 0.25) is 0 Å². The topological polar surface area (TPSA) is 79.3 Å². The Morgan fingerprint density at radius 1 is 1.33 bits per heavy atom. The Morgan fingerprint density at radius 3 is 2.75 bits per heavy atom. The minimum Gasteiger partial charge on any atom is -0.341 e. The molecular formula is C17H29N5O2. The first-order valence-electron chi connectivity index (χ1n) is 8.80. The van der Waals surface area contributed by atoms with E-state index >= 15 is 0 Å². The molecule has 0 atom stereocenters. The number of carbonyl (C=O) groups is 2. The van der Waals surface area contributed by atoms with Crippen molar-refractivity contribution in [2.45, 2.75) is 57.5 Å². The van der Waals surface area contributed by atoms with E-state index in [9.17, 15) is 9.59 Å². The monoisotopic (exact) mass is 335 g/mol. The summed E-state index contributed by atoms with van der Waals surface area (Å²) >= 11 is 0. The maximum atomic E-state index is 12.1. The van der Waals surface area contributed by atoms with Crippen LogP contribution < -0.4 is 10.6 Å². The second-order valence-electron chi connectivity index (χ2n) is 6.61. The minimum atomic E-state index is -0.113. The Hall–Kier alpha value is -2.05. The van der Waals surface area contributed by atoms with E-state index in [1.54, 1.807) is 22.8 Å². The van der Waals surface area contributed by atoms with Gasteiger partial charge in [0.25, 0.3) is 0 Å². The highest BCUT2D eigenvalue weighted by Gasteiger charge is 2.15.